The van der Waals surface area contributed by atoms with Gasteiger partial charge in [0.1, 0.15) is 17.4 Å². The van der Waals surface area contributed by atoms with Gasteiger partial charge in [-0.1, -0.05) is 37.3 Å². The van der Waals surface area contributed by atoms with Crippen molar-refractivity contribution in [2.75, 3.05) is 33.9 Å². The van der Waals surface area contributed by atoms with Crippen molar-refractivity contribution in [2.24, 2.45) is 5.92 Å². The van der Waals surface area contributed by atoms with E-state index in [9.17, 15) is 14.7 Å². The molecular weight excluding hydrogens is 498 g/mol. The second-order valence-electron chi connectivity index (χ2n) is 10.1. The van der Waals surface area contributed by atoms with E-state index in [-0.39, 0.29) is 42.0 Å². The van der Waals surface area contributed by atoms with Crippen molar-refractivity contribution in [3.8, 4) is 22.8 Å². The van der Waals surface area contributed by atoms with Gasteiger partial charge in [-0.2, -0.15) is 0 Å². The Kier molecular flexibility index (Phi) is 8.83. The van der Waals surface area contributed by atoms with Gasteiger partial charge < -0.3 is 24.6 Å². The number of methoxy groups -OCH3 is 1. The number of nitrogens with zero attached hydrogens (tertiary/aromatic N) is 3. The number of fused-ring (bicyclic) bond motifs is 1. The average Bonchev–Trinajstić information content (AvgIpc) is 2.94. The Morgan fingerprint density at radius 2 is 1.92 bits per heavy atom. The summed E-state index contributed by atoms with van der Waals surface area (Å²) in [5.74, 6) is -0.326. The summed E-state index contributed by atoms with van der Waals surface area (Å²) < 4.78 is 11.9. The number of carbonyl (C=O) groups is 2. The Hall–Kier alpha value is -3.95. The molecule has 1 aliphatic heterocycles. The van der Waals surface area contributed by atoms with Gasteiger partial charge in [-0.3, -0.25) is 9.69 Å². The van der Waals surface area contributed by atoms with Gasteiger partial charge in [0.25, 0.3) is 5.91 Å². The van der Waals surface area contributed by atoms with Crippen LogP contribution < -0.4 is 9.47 Å². The molecule has 0 saturated carbocycles. The number of aromatic nitrogens is 1. The van der Waals surface area contributed by atoms with E-state index in [4.69, 9.17) is 14.6 Å². The lowest BCUT2D eigenvalue weighted by atomic mass is 9.98. The van der Waals surface area contributed by atoms with Crippen LogP contribution in [0.15, 0.2) is 60.8 Å². The van der Waals surface area contributed by atoms with Crippen molar-refractivity contribution >= 4 is 11.9 Å². The first-order valence-corrected chi connectivity index (χ1v) is 12.9. The van der Waals surface area contributed by atoms with E-state index in [1.165, 1.54) is 0 Å². The summed E-state index contributed by atoms with van der Waals surface area (Å²) in [6.45, 7) is 5.24. The van der Waals surface area contributed by atoms with Crippen LogP contribution in [0.2, 0.25) is 0 Å². The average molecular weight is 534 g/mol. The second-order valence-corrected chi connectivity index (χ2v) is 10.1. The van der Waals surface area contributed by atoms with Crippen LogP contribution in [-0.4, -0.2) is 82.9 Å². The number of benzene rings is 2. The minimum absolute atomic E-state index is 0.0522. The zero-order valence-electron chi connectivity index (χ0n) is 22.7. The molecule has 0 radical (unpaired) electrons. The molecule has 0 saturated heterocycles. The minimum atomic E-state index is -0.956. The number of hydrogen-bond acceptors (Lipinski definition) is 7. The summed E-state index contributed by atoms with van der Waals surface area (Å²) in [4.78, 5) is 33.3. The molecule has 9 heteroatoms. The quantitative estimate of drug-likeness (QED) is 0.427. The van der Waals surface area contributed by atoms with Crippen LogP contribution in [0.4, 0.5) is 0 Å². The van der Waals surface area contributed by atoms with Crippen LogP contribution in [0.1, 0.15) is 40.1 Å². The Bertz CT molecular complexity index is 1310. The molecule has 0 fully saturated rings. The summed E-state index contributed by atoms with van der Waals surface area (Å²) in [5, 5.41) is 19.1. The van der Waals surface area contributed by atoms with E-state index in [1.54, 1.807) is 36.4 Å². The van der Waals surface area contributed by atoms with Crippen molar-refractivity contribution in [1.29, 1.82) is 0 Å². The molecule has 0 bridgehead atoms. The lowest BCUT2D eigenvalue weighted by Crippen LogP contribution is -2.49. The first kappa shape index (κ1) is 28.1. The highest BCUT2D eigenvalue weighted by molar-refractivity contribution is 5.98. The van der Waals surface area contributed by atoms with Crippen LogP contribution in [0, 0.1) is 5.92 Å². The maximum atomic E-state index is 13.7. The van der Waals surface area contributed by atoms with Crippen molar-refractivity contribution in [1.82, 2.24) is 14.8 Å². The molecular formula is C30H35N3O6. The fraction of sp³-hybridized carbons (Fsp3) is 0.367. The van der Waals surface area contributed by atoms with E-state index in [0.29, 0.717) is 30.9 Å². The predicted molar refractivity (Wildman–Crippen MR) is 147 cm³/mol. The Morgan fingerprint density at radius 1 is 1.21 bits per heavy atom. The number of carboxylic acid groups (broad SMARTS) is 1. The number of aliphatic hydroxyl groups is 1. The maximum Gasteiger partial charge on any atom is 0.335 e. The van der Waals surface area contributed by atoms with Gasteiger partial charge in [0.05, 0.1) is 25.3 Å². The number of aromatic carboxylic acids is 1. The Labute approximate surface area is 228 Å². The maximum absolute atomic E-state index is 13.7. The number of para-hydroxylation sites is 1. The monoisotopic (exact) mass is 533 g/mol. The number of carbonyl (C=O) groups excluding carboxylic acids is 1. The van der Waals surface area contributed by atoms with Crippen molar-refractivity contribution < 1.29 is 29.3 Å². The fourth-order valence-electron chi connectivity index (χ4n) is 4.79. The van der Waals surface area contributed by atoms with Gasteiger partial charge in [-0.05, 0) is 43.8 Å². The number of rotatable bonds is 9. The summed E-state index contributed by atoms with van der Waals surface area (Å²) in [6.07, 6.45) is 1.39. The first-order chi connectivity index (χ1) is 18.7. The number of aliphatic hydroxyl groups excluding tert-OH is 1. The summed E-state index contributed by atoms with van der Waals surface area (Å²) in [7, 11) is 3.57. The van der Waals surface area contributed by atoms with Crippen LogP contribution in [0.5, 0.6) is 11.6 Å². The van der Waals surface area contributed by atoms with Gasteiger partial charge in [0.2, 0.25) is 5.88 Å². The van der Waals surface area contributed by atoms with Gasteiger partial charge in [0.15, 0.2) is 0 Å². The molecule has 39 heavy (non-hydrogen) atoms. The summed E-state index contributed by atoms with van der Waals surface area (Å²) in [6, 6.07) is 15.7. The van der Waals surface area contributed by atoms with Gasteiger partial charge in [0, 0.05) is 42.9 Å². The SMILES string of the molecule is COc1ccccc1-c1cnc2c(c1)C(=O)N([C@@H](C)CO)C[C@H](C)[C@H](CN(C)Cc1ccc(C(=O)O)cc1)O2. The number of likely N-dealkylation sites (N-methyl/N-ethyl adjacent to an activating group) is 1. The molecule has 206 valence electrons. The number of carboxylic acids is 1. The Balaban J connectivity index is 1.64. The van der Waals surface area contributed by atoms with E-state index in [1.807, 2.05) is 57.3 Å². The normalized spacial score (nSPS) is 18.1. The van der Waals surface area contributed by atoms with E-state index in [2.05, 4.69) is 9.88 Å². The summed E-state index contributed by atoms with van der Waals surface area (Å²) >= 11 is 0. The zero-order valence-corrected chi connectivity index (χ0v) is 22.7. The van der Waals surface area contributed by atoms with Gasteiger partial charge in [-0.25, -0.2) is 9.78 Å². The predicted octanol–water partition coefficient (Wildman–Crippen LogP) is 3.81. The molecule has 2 heterocycles. The first-order valence-electron chi connectivity index (χ1n) is 12.9. The van der Waals surface area contributed by atoms with Crippen molar-refractivity contribution in [2.45, 2.75) is 32.5 Å². The van der Waals surface area contributed by atoms with E-state index < -0.39 is 5.97 Å². The van der Waals surface area contributed by atoms with E-state index in [0.717, 1.165) is 16.7 Å². The number of ether oxygens (including phenoxy) is 2. The highest BCUT2D eigenvalue weighted by Gasteiger charge is 2.34. The minimum Gasteiger partial charge on any atom is -0.496 e. The molecule has 0 spiro atoms. The number of hydrogen-bond donors (Lipinski definition) is 2. The highest BCUT2D eigenvalue weighted by atomic mass is 16.5. The zero-order chi connectivity index (χ0) is 28.1. The smallest absolute Gasteiger partial charge is 0.335 e. The lowest BCUT2D eigenvalue weighted by molar-refractivity contribution is 0.0325. The largest absolute Gasteiger partial charge is 0.496 e. The van der Waals surface area contributed by atoms with Gasteiger partial charge >= 0.3 is 5.97 Å². The topological polar surface area (TPSA) is 112 Å². The van der Waals surface area contributed by atoms with Gasteiger partial charge in [-0.15, -0.1) is 0 Å². The van der Waals surface area contributed by atoms with Crippen molar-refractivity contribution in [3.63, 3.8) is 0 Å². The molecule has 4 rings (SSSR count). The molecule has 3 aromatic rings. The second kappa shape index (κ2) is 12.3. The molecule has 1 aliphatic rings. The molecule has 0 unspecified atom stereocenters. The van der Waals surface area contributed by atoms with Crippen LogP contribution in [0.3, 0.4) is 0 Å². The van der Waals surface area contributed by atoms with E-state index >= 15 is 0 Å². The fourth-order valence-corrected chi connectivity index (χ4v) is 4.79. The van der Waals surface area contributed by atoms with Crippen LogP contribution in [0.25, 0.3) is 11.1 Å². The van der Waals surface area contributed by atoms with Crippen LogP contribution in [-0.2, 0) is 6.54 Å². The number of pyridine rings is 1. The van der Waals surface area contributed by atoms with Crippen molar-refractivity contribution in [3.05, 3.63) is 77.5 Å². The Morgan fingerprint density at radius 3 is 2.59 bits per heavy atom. The molecule has 1 aromatic heterocycles. The lowest BCUT2D eigenvalue weighted by Gasteiger charge is -2.37. The molecule has 2 aromatic carbocycles. The van der Waals surface area contributed by atoms with Crippen LogP contribution >= 0.6 is 0 Å². The standard InChI is InChI=1S/C30H35N3O6/c1-19-15-33(20(2)18-34)29(35)25-13-23(24-7-5-6-8-26(24)38-4)14-31-28(25)39-27(19)17-32(3)16-21-9-11-22(12-10-21)30(36)37/h5-14,19-20,27,34H,15-18H2,1-4H3,(H,36,37)/t19-,20-,27-/m0/s1. The molecule has 2 N–H and O–H groups in total. The third-order valence-corrected chi connectivity index (χ3v) is 7.08. The summed E-state index contributed by atoms with van der Waals surface area (Å²) in [5.41, 5.74) is 3.10. The highest BCUT2D eigenvalue weighted by Crippen LogP contribution is 2.34. The molecule has 1 amide bonds. The third-order valence-electron chi connectivity index (χ3n) is 7.08. The molecule has 9 nitrogen and oxygen atoms in total. The molecule has 0 aliphatic carbocycles. The molecule has 3 atom stereocenters. The third kappa shape index (κ3) is 6.38. The number of amides is 1.